The Morgan fingerprint density at radius 2 is 1.51 bits per heavy atom. The van der Waals surface area contributed by atoms with Gasteiger partial charge in [-0.1, -0.05) is 60.7 Å². The van der Waals surface area contributed by atoms with Crippen molar-refractivity contribution in [2.45, 2.75) is 0 Å². The van der Waals surface area contributed by atoms with Gasteiger partial charge in [-0.3, -0.25) is 4.57 Å². The SMILES string of the molecule is Fc1ccc2c(c1)oc1c(-c3nc4ncc(-c5ccccc5)cc4n3-c3ccccc3)cccc12. The predicted octanol–water partition coefficient (Wildman–Crippen LogP) is 7.79. The van der Waals surface area contributed by atoms with E-state index in [1.807, 2.05) is 72.9 Å². The molecular weight excluding hydrogens is 437 g/mol. The lowest BCUT2D eigenvalue weighted by atomic mass is 10.1. The van der Waals surface area contributed by atoms with E-state index in [4.69, 9.17) is 14.4 Å². The van der Waals surface area contributed by atoms with Gasteiger partial charge in [0, 0.05) is 34.3 Å². The zero-order valence-corrected chi connectivity index (χ0v) is 18.5. The number of nitrogens with zero attached hydrogens (tertiary/aromatic N) is 3. The van der Waals surface area contributed by atoms with Crippen LogP contribution in [0.3, 0.4) is 0 Å². The molecule has 0 aliphatic rings. The lowest BCUT2D eigenvalue weighted by Crippen LogP contribution is -1.97. The minimum atomic E-state index is -0.327. The molecule has 4 aromatic carbocycles. The topological polar surface area (TPSA) is 43.9 Å². The van der Waals surface area contributed by atoms with Crippen LogP contribution in [0.1, 0.15) is 0 Å². The smallest absolute Gasteiger partial charge is 0.178 e. The van der Waals surface area contributed by atoms with Crippen LogP contribution in [-0.4, -0.2) is 14.5 Å². The van der Waals surface area contributed by atoms with Crippen LogP contribution in [0, 0.1) is 5.82 Å². The first-order valence-electron chi connectivity index (χ1n) is 11.4. The van der Waals surface area contributed by atoms with E-state index < -0.39 is 0 Å². The molecule has 3 aromatic heterocycles. The highest BCUT2D eigenvalue weighted by atomic mass is 19.1. The van der Waals surface area contributed by atoms with E-state index in [1.54, 1.807) is 6.07 Å². The summed E-state index contributed by atoms with van der Waals surface area (Å²) in [4.78, 5) is 9.66. The second-order valence-electron chi connectivity index (χ2n) is 8.46. The maximum Gasteiger partial charge on any atom is 0.178 e. The zero-order chi connectivity index (χ0) is 23.4. The summed E-state index contributed by atoms with van der Waals surface area (Å²) in [6.45, 7) is 0. The van der Waals surface area contributed by atoms with Gasteiger partial charge in [-0.15, -0.1) is 0 Å². The van der Waals surface area contributed by atoms with Crippen molar-refractivity contribution in [1.82, 2.24) is 14.5 Å². The number of imidazole rings is 1. The van der Waals surface area contributed by atoms with Crippen LogP contribution in [0.4, 0.5) is 4.39 Å². The zero-order valence-electron chi connectivity index (χ0n) is 18.5. The normalized spacial score (nSPS) is 11.6. The lowest BCUT2D eigenvalue weighted by Gasteiger charge is -2.10. The first-order valence-corrected chi connectivity index (χ1v) is 11.4. The van der Waals surface area contributed by atoms with E-state index in [-0.39, 0.29) is 5.82 Å². The number of pyridine rings is 1. The van der Waals surface area contributed by atoms with Crippen LogP contribution in [0.25, 0.3) is 61.3 Å². The fourth-order valence-corrected chi connectivity index (χ4v) is 4.72. The molecule has 4 nitrogen and oxygen atoms in total. The van der Waals surface area contributed by atoms with Crippen molar-refractivity contribution >= 4 is 33.1 Å². The summed E-state index contributed by atoms with van der Waals surface area (Å²) in [5, 5.41) is 1.79. The maximum atomic E-state index is 13.9. The minimum Gasteiger partial charge on any atom is -0.455 e. The van der Waals surface area contributed by atoms with Crippen molar-refractivity contribution in [3.63, 3.8) is 0 Å². The van der Waals surface area contributed by atoms with Crippen LogP contribution >= 0.6 is 0 Å². The Morgan fingerprint density at radius 3 is 2.34 bits per heavy atom. The Morgan fingerprint density at radius 1 is 0.714 bits per heavy atom. The molecule has 0 aliphatic carbocycles. The Hall–Kier alpha value is -4.77. The van der Waals surface area contributed by atoms with Crippen LogP contribution in [0.15, 0.2) is 114 Å². The highest BCUT2D eigenvalue weighted by Crippen LogP contribution is 2.38. The Bertz CT molecular complexity index is 1850. The third kappa shape index (κ3) is 3.13. The van der Waals surface area contributed by atoms with Crippen LogP contribution < -0.4 is 0 Å². The number of furan rings is 1. The Labute approximate surface area is 199 Å². The van der Waals surface area contributed by atoms with Crippen molar-refractivity contribution in [3.8, 4) is 28.2 Å². The number of hydrogen-bond acceptors (Lipinski definition) is 3. The number of benzene rings is 4. The third-order valence-corrected chi connectivity index (χ3v) is 6.34. The maximum absolute atomic E-state index is 13.9. The molecule has 5 heteroatoms. The molecule has 0 spiro atoms. The van der Waals surface area contributed by atoms with E-state index in [9.17, 15) is 4.39 Å². The molecule has 0 N–H and O–H groups in total. The molecular formula is C30H18FN3O. The highest BCUT2D eigenvalue weighted by Gasteiger charge is 2.20. The van der Waals surface area contributed by atoms with E-state index in [2.05, 4.69) is 22.8 Å². The largest absolute Gasteiger partial charge is 0.455 e. The van der Waals surface area contributed by atoms with Gasteiger partial charge in [-0.25, -0.2) is 14.4 Å². The van der Waals surface area contributed by atoms with Gasteiger partial charge in [0.15, 0.2) is 11.5 Å². The summed E-state index contributed by atoms with van der Waals surface area (Å²) < 4.78 is 22.2. The van der Waals surface area contributed by atoms with Crippen LogP contribution in [-0.2, 0) is 0 Å². The number of rotatable bonds is 3. The summed E-state index contributed by atoms with van der Waals surface area (Å²) in [5.41, 5.74) is 6.61. The first kappa shape index (κ1) is 19.7. The molecule has 0 radical (unpaired) electrons. The Kier molecular flexibility index (Phi) is 4.29. The van der Waals surface area contributed by atoms with Gasteiger partial charge in [0.25, 0.3) is 0 Å². The van der Waals surface area contributed by atoms with Crippen molar-refractivity contribution < 1.29 is 8.81 Å². The van der Waals surface area contributed by atoms with Crippen molar-refractivity contribution in [3.05, 3.63) is 115 Å². The molecule has 0 amide bonds. The fourth-order valence-electron chi connectivity index (χ4n) is 4.72. The van der Waals surface area contributed by atoms with Gasteiger partial charge in [0.05, 0.1) is 11.1 Å². The molecule has 0 unspecified atom stereocenters. The number of hydrogen-bond donors (Lipinski definition) is 0. The van der Waals surface area contributed by atoms with E-state index in [0.29, 0.717) is 22.6 Å². The molecule has 0 saturated carbocycles. The van der Waals surface area contributed by atoms with Gasteiger partial charge in [-0.05, 0) is 42.0 Å². The second-order valence-corrected chi connectivity index (χ2v) is 8.46. The summed E-state index contributed by atoms with van der Waals surface area (Å²) >= 11 is 0. The fraction of sp³-hybridized carbons (Fsp3) is 0. The first-order chi connectivity index (χ1) is 17.3. The van der Waals surface area contributed by atoms with Gasteiger partial charge in [-0.2, -0.15) is 0 Å². The third-order valence-electron chi connectivity index (χ3n) is 6.34. The second kappa shape index (κ2) is 7.64. The molecule has 7 aromatic rings. The van der Waals surface area contributed by atoms with Gasteiger partial charge >= 0.3 is 0 Å². The number of fused-ring (bicyclic) bond motifs is 4. The standard InChI is InChI=1S/C30H18FN3O/c31-21-14-15-23-24-12-7-13-25(28(24)35-27(23)17-21)30-33-29-26(34(30)22-10-5-2-6-11-22)16-20(18-32-29)19-8-3-1-4-9-19/h1-18H. The number of para-hydroxylation sites is 2. The van der Waals surface area contributed by atoms with E-state index in [1.165, 1.54) is 12.1 Å². The minimum absolute atomic E-state index is 0.327. The summed E-state index contributed by atoms with van der Waals surface area (Å²) in [7, 11) is 0. The molecule has 7 rings (SSSR count). The van der Waals surface area contributed by atoms with Crippen molar-refractivity contribution in [1.29, 1.82) is 0 Å². The summed E-state index contributed by atoms with van der Waals surface area (Å²) in [6.07, 6.45) is 1.86. The molecule has 35 heavy (non-hydrogen) atoms. The van der Waals surface area contributed by atoms with Crippen molar-refractivity contribution in [2.24, 2.45) is 0 Å². The number of aromatic nitrogens is 3. The van der Waals surface area contributed by atoms with Gasteiger partial charge in [0.1, 0.15) is 17.0 Å². The van der Waals surface area contributed by atoms with Crippen molar-refractivity contribution in [2.75, 3.05) is 0 Å². The quantitative estimate of drug-likeness (QED) is 0.273. The molecule has 0 bridgehead atoms. The molecule has 0 aliphatic heterocycles. The lowest BCUT2D eigenvalue weighted by molar-refractivity contribution is 0.618. The molecule has 0 atom stereocenters. The average Bonchev–Trinajstić information content (AvgIpc) is 3.47. The molecule has 3 heterocycles. The van der Waals surface area contributed by atoms with E-state index >= 15 is 0 Å². The Balaban J connectivity index is 1.55. The number of halogens is 1. The average molecular weight is 455 g/mol. The monoisotopic (exact) mass is 455 g/mol. The van der Waals surface area contributed by atoms with Crippen LogP contribution in [0.2, 0.25) is 0 Å². The molecule has 0 fully saturated rings. The summed E-state index contributed by atoms with van der Waals surface area (Å²) in [6, 6.07) is 33.0. The molecule has 166 valence electrons. The van der Waals surface area contributed by atoms with Gasteiger partial charge < -0.3 is 4.42 Å². The highest BCUT2D eigenvalue weighted by molar-refractivity contribution is 6.09. The van der Waals surface area contributed by atoms with E-state index in [0.717, 1.165) is 38.7 Å². The van der Waals surface area contributed by atoms with Gasteiger partial charge in [0.2, 0.25) is 0 Å². The van der Waals surface area contributed by atoms with Crippen LogP contribution in [0.5, 0.6) is 0 Å². The predicted molar refractivity (Wildman–Crippen MR) is 137 cm³/mol. The molecule has 0 saturated heterocycles. The summed E-state index contributed by atoms with van der Waals surface area (Å²) in [5.74, 6) is 0.390.